The number of carbonyl (C=O) groups excluding carboxylic acids is 1. The summed E-state index contributed by atoms with van der Waals surface area (Å²) in [5, 5.41) is 3.45. The molecule has 3 aliphatic rings. The van der Waals surface area contributed by atoms with Crippen LogP contribution in [0.3, 0.4) is 0 Å². The molecule has 4 heterocycles. The monoisotopic (exact) mass is 415 g/mol. The van der Waals surface area contributed by atoms with Crippen molar-refractivity contribution >= 4 is 18.3 Å². The lowest BCUT2D eigenvalue weighted by Crippen LogP contribution is -2.46. The molecule has 3 atom stereocenters. The first-order chi connectivity index (χ1) is 13.7. The smallest absolute Gasteiger partial charge is 0.263 e. The molecule has 0 spiro atoms. The van der Waals surface area contributed by atoms with Crippen LogP contribution in [0.25, 0.3) is 0 Å². The predicted molar refractivity (Wildman–Crippen MR) is 113 cm³/mol. The van der Waals surface area contributed by atoms with Crippen molar-refractivity contribution in [3.63, 3.8) is 0 Å². The van der Waals surface area contributed by atoms with Gasteiger partial charge in [0, 0.05) is 37.7 Å². The van der Waals surface area contributed by atoms with Gasteiger partial charge in [-0.1, -0.05) is 18.2 Å². The summed E-state index contributed by atoms with van der Waals surface area (Å²) in [5.41, 5.74) is 1.22. The number of nitrogens with one attached hydrogen (secondary N) is 1. The number of carbonyl (C=O) groups is 1. The van der Waals surface area contributed by atoms with Crippen molar-refractivity contribution in [2.45, 2.75) is 31.4 Å². The normalized spacial score (nSPS) is 25.1. The molecule has 2 saturated heterocycles. The summed E-state index contributed by atoms with van der Waals surface area (Å²) in [6.45, 7) is 3.70. The molecule has 3 aliphatic heterocycles. The summed E-state index contributed by atoms with van der Waals surface area (Å²) in [6, 6.07) is 13.4. The molecule has 0 unspecified atom stereocenters. The predicted octanol–water partition coefficient (Wildman–Crippen LogP) is 2.27. The topological polar surface area (TPSA) is 63.6 Å². The highest BCUT2D eigenvalue weighted by molar-refractivity contribution is 5.94. The molecule has 0 saturated carbocycles. The molecular weight excluding hydrogens is 390 g/mol. The molecule has 1 amide bonds. The van der Waals surface area contributed by atoms with Crippen molar-refractivity contribution < 1.29 is 9.53 Å². The van der Waals surface area contributed by atoms with Crippen LogP contribution in [0.4, 0.5) is 0 Å². The molecule has 0 aliphatic carbocycles. The number of halogens is 1. The maximum atomic E-state index is 13.1. The van der Waals surface area contributed by atoms with Crippen molar-refractivity contribution in [3.05, 3.63) is 64.1 Å². The van der Waals surface area contributed by atoms with Crippen molar-refractivity contribution in [2.24, 2.45) is 5.92 Å². The largest absolute Gasteiger partial charge is 0.489 e. The van der Waals surface area contributed by atoms with E-state index in [1.54, 1.807) is 11.0 Å². The highest BCUT2D eigenvalue weighted by Crippen LogP contribution is 2.32. The fraction of sp³-hybridized carbons (Fsp3) is 0.455. The second-order valence-corrected chi connectivity index (χ2v) is 8.14. The molecule has 7 heteroatoms. The van der Waals surface area contributed by atoms with Crippen LogP contribution in [0.1, 0.15) is 34.8 Å². The number of rotatable bonds is 3. The summed E-state index contributed by atoms with van der Waals surface area (Å²) in [4.78, 5) is 27.9. The average Bonchev–Trinajstić information content (AvgIpc) is 3.18. The van der Waals surface area contributed by atoms with Crippen LogP contribution >= 0.6 is 12.4 Å². The Morgan fingerprint density at radius 1 is 1.07 bits per heavy atom. The van der Waals surface area contributed by atoms with Crippen LogP contribution in [-0.2, 0) is 6.54 Å². The van der Waals surface area contributed by atoms with Gasteiger partial charge in [0.2, 0.25) is 0 Å². The van der Waals surface area contributed by atoms with Crippen molar-refractivity contribution in [3.8, 4) is 5.75 Å². The number of amides is 1. The SMILES string of the molecule is Cl.O=C(c1ccc2n(c1=O)C[C@@H]1CNC[C@H]2C1)N1CC[C@@H](Oc2ccccc2)C1. The molecule has 0 radical (unpaired) electrons. The van der Waals surface area contributed by atoms with Gasteiger partial charge in [-0.3, -0.25) is 9.59 Å². The van der Waals surface area contributed by atoms with Gasteiger partial charge >= 0.3 is 0 Å². The van der Waals surface area contributed by atoms with E-state index < -0.39 is 0 Å². The van der Waals surface area contributed by atoms with E-state index in [9.17, 15) is 9.59 Å². The van der Waals surface area contributed by atoms with E-state index in [0.29, 0.717) is 31.5 Å². The zero-order valence-electron chi connectivity index (χ0n) is 16.3. The Hall–Kier alpha value is -2.31. The number of ether oxygens (including phenoxy) is 1. The molecule has 1 aromatic carbocycles. The van der Waals surface area contributed by atoms with Crippen molar-refractivity contribution in [2.75, 3.05) is 26.2 Å². The van der Waals surface area contributed by atoms with E-state index in [4.69, 9.17) is 4.74 Å². The number of nitrogens with zero attached hydrogens (tertiary/aromatic N) is 2. The minimum Gasteiger partial charge on any atom is -0.489 e. The third-order valence-corrected chi connectivity index (χ3v) is 6.22. The quantitative estimate of drug-likeness (QED) is 0.835. The molecule has 2 fully saturated rings. The number of pyridine rings is 1. The van der Waals surface area contributed by atoms with E-state index in [1.165, 1.54) is 0 Å². The molecule has 29 heavy (non-hydrogen) atoms. The van der Waals surface area contributed by atoms with E-state index in [0.717, 1.165) is 37.4 Å². The number of piperidine rings is 1. The van der Waals surface area contributed by atoms with Crippen LogP contribution in [-0.4, -0.2) is 47.7 Å². The molecule has 1 aromatic heterocycles. The lowest BCUT2D eigenvalue weighted by Gasteiger charge is -2.37. The minimum absolute atomic E-state index is 0. The van der Waals surface area contributed by atoms with Gasteiger partial charge in [-0.25, -0.2) is 0 Å². The first-order valence-corrected chi connectivity index (χ1v) is 10.1. The number of benzene rings is 1. The van der Waals surface area contributed by atoms with Gasteiger partial charge in [0.25, 0.3) is 11.5 Å². The third-order valence-electron chi connectivity index (χ3n) is 6.22. The summed E-state index contributed by atoms with van der Waals surface area (Å²) in [5.74, 6) is 1.49. The van der Waals surface area contributed by atoms with E-state index in [1.807, 2.05) is 41.0 Å². The second-order valence-electron chi connectivity index (χ2n) is 8.14. The summed E-state index contributed by atoms with van der Waals surface area (Å²) in [6.07, 6.45) is 1.88. The van der Waals surface area contributed by atoms with Crippen molar-refractivity contribution in [1.29, 1.82) is 0 Å². The highest BCUT2D eigenvalue weighted by atomic mass is 35.5. The zero-order chi connectivity index (χ0) is 19.1. The van der Waals surface area contributed by atoms with Gasteiger partial charge in [0.1, 0.15) is 17.4 Å². The summed E-state index contributed by atoms with van der Waals surface area (Å²) in [7, 11) is 0. The Labute approximate surface area is 176 Å². The summed E-state index contributed by atoms with van der Waals surface area (Å²) < 4.78 is 7.83. The molecule has 2 bridgehead atoms. The Morgan fingerprint density at radius 2 is 1.90 bits per heavy atom. The van der Waals surface area contributed by atoms with Gasteiger partial charge in [0.05, 0.1) is 6.54 Å². The van der Waals surface area contributed by atoms with Gasteiger partial charge in [-0.05, 0) is 43.1 Å². The van der Waals surface area contributed by atoms with Gasteiger partial charge in [-0.15, -0.1) is 12.4 Å². The van der Waals surface area contributed by atoms with Gasteiger partial charge in [-0.2, -0.15) is 0 Å². The van der Waals surface area contributed by atoms with Crippen LogP contribution < -0.4 is 15.6 Å². The standard InChI is InChI=1S/C22H25N3O3.ClH/c26-21(24-9-8-18(14-24)28-17-4-2-1-3-5-17)19-6-7-20-16-10-15(11-23-12-16)13-25(20)22(19)27;/h1-7,15-16,18,23H,8-14H2;1H/t15-,16+,18+;/m0./s1. The third kappa shape index (κ3) is 3.79. The lowest BCUT2D eigenvalue weighted by molar-refractivity contribution is 0.0769. The number of likely N-dealkylation sites (tertiary alicyclic amines) is 1. The number of fused-ring (bicyclic) bond motifs is 4. The maximum absolute atomic E-state index is 13.1. The Balaban J connectivity index is 0.00000205. The van der Waals surface area contributed by atoms with E-state index in [2.05, 4.69) is 5.32 Å². The Bertz CT molecular complexity index is 946. The molecule has 2 aromatic rings. The zero-order valence-corrected chi connectivity index (χ0v) is 17.1. The number of hydrogen-bond acceptors (Lipinski definition) is 4. The highest BCUT2D eigenvalue weighted by Gasteiger charge is 2.34. The molecule has 1 N–H and O–H groups in total. The van der Waals surface area contributed by atoms with Crippen LogP contribution in [0.2, 0.25) is 0 Å². The summed E-state index contributed by atoms with van der Waals surface area (Å²) >= 11 is 0. The second kappa shape index (κ2) is 8.20. The van der Waals surface area contributed by atoms with E-state index >= 15 is 0 Å². The molecular formula is C22H26ClN3O3. The molecule has 6 nitrogen and oxygen atoms in total. The van der Waals surface area contributed by atoms with Crippen LogP contribution in [0.15, 0.2) is 47.3 Å². The van der Waals surface area contributed by atoms with E-state index in [-0.39, 0.29) is 35.5 Å². The maximum Gasteiger partial charge on any atom is 0.263 e. The molecule has 154 valence electrons. The fourth-order valence-corrected chi connectivity index (χ4v) is 4.82. The molecule has 5 rings (SSSR count). The number of aromatic nitrogens is 1. The first kappa shape index (κ1) is 20.0. The lowest BCUT2D eigenvalue weighted by atomic mass is 9.84. The Kier molecular flexibility index (Phi) is 5.65. The fourth-order valence-electron chi connectivity index (χ4n) is 4.82. The minimum atomic E-state index is -0.173. The number of hydrogen-bond donors (Lipinski definition) is 1. The van der Waals surface area contributed by atoms with Crippen LogP contribution in [0.5, 0.6) is 5.75 Å². The van der Waals surface area contributed by atoms with Gasteiger partial charge < -0.3 is 19.5 Å². The van der Waals surface area contributed by atoms with Crippen LogP contribution in [0, 0.1) is 5.92 Å². The Morgan fingerprint density at radius 3 is 2.72 bits per heavy atom. The number of para-hydroxylation sites is 1. The first-order valence-electron chi connectivity index (χ1n) is 10.1. The van der Waals surface area contributed by atoms with Gasteiger partial charge in [0.15, 0.2) is 0 Å². The van der Waals surface area contributed by atoms with Crippen molar-refractivity contribution in [1.82, 2.24) is 14.8 Å². The average molecular weight is 416 g/mol.